The average Bonchev–Trinajstić information content (AvgIpc) is 2.13. The van der Waals surface area contributed by atoms with Crippen LogP contribution in [0.5, 0.6) is 0 Å². The molecule has 5 nitrogen and oxygen atoms in total. The fourth-order valence-electron chi connectivity index (χ4n) is 1.95. The molecule has 0 atom stereocenters. The SMILES string of the molecule is CC1CC(NC(=O)NC(C)(C)C(C)(C)C(=O)O)C1. The van der Waals surface area contributed by atoms with E-state index in [0.29, 0.717) is 5.92 Å². The van der Waals surface area contributed by atoms with E-state index in [9.17, 15) is 14.7 Å². The van der Waals surface area contributed by atoms with Crippen LogP contribution in [0, 0.1) is 11.3 Å². The van der Waals surface area contributed by atoms with Crippen molar-refractivity contribution in [3.63, 3.8) is 0 Å². The molecule has 0 bridgehead atoms. The van der Waals surface area contributed by atoms with Crippen LogP contribution in [0.25, 0.3) is 0 Å². The van der Waals surface area contributed by atoms with Gasteiger partial charge < -0.3 is 15.7 Å². The molecule has 3 N–H and O–H groups in total. The summed E-state index contributed by atoms with van der Waals surface area (Å²) < 4.78 is 0. The molecule has 0 aromatic carbocycles. The van der Waals surface area contributed by atoms with Crippen LogP contribution in [0.2, 0.25) is 0 Å². The third kappa shape index (κ3) is 2.94. The number of carbonyl (C=O) groups excluding carboxylic acids is 1. The van der Waals surface area contributed by atoms with Crippen LogP contribution in [0.15, 0.2) is 0 Å². The van der Waals surface area contributed by atoms with Gasteiger partial charge in [-0.3, -0.25) is 4.79 Å². The van der Waals surface area contributed by atoms with E-state index >= 15 is 0 Å². The number of rotatable bonds is 4. The van der Waals surface area contributed by atoms with Crippen molar-refractivity contribution in [3.05, 3.63) is 0 Å². The van der Waals surface area contributed by atoms with Crippen LogP contribution in [0.1, 0.15) is 47.5 Å². The van der Waals surface area contributed by atoms with E-state index in [1.165, 1.54) is 0 Å². The van der Waals surface area contributed by atoms with Crippen LogP contribution in [-0.2, 0) is 4.79 Å². The number of carboxylic acids is 1. The van der Waals surface area contributed by atoms with Gasteiger partial charge in [0, 0.05) is 6.04 Å². The summed E-state index contributed by atoms with van der Waals surface area (Å²) in [4.78, 5) is 23.0. The monoisotopic (exact) mass is 256 g/mol. The molecule has 0 heterocycles. The zero-order valence-electron chi connectivity index (χ0n) is 11.8. The molecule has 1 aliphatic rings. The minimum atomic E-state index is -1.03. The van der Waals surface area contributed by atoms with E-state index in [1.54, 1.807) is 27.7 Å². The maximum atomic E-state index is 11.8. The first-order chi connectivity index (χ1) is 8.06. The Labute approximate surface area is 108 Å². The summed E-state index contributed by atoms with van der Waals surface area (Å²) in [7, 11) is 0. The molecule has 5 heteroatoms. The normalized spacial score (nSPS) is 24.1. The first-order valence-corrected chi connectivity index (χ1v) is 6.38. The highest BCUT2D eigenvalue weighted by atomic mass is 16.4. The minimum Gasteiger partial charge on any atom is -0.481 e. The Morgan fingerprint density at radius 3 is 2.06 bits per heavy atom. The molecule has 18 heavy (non-hydrogen) atoms. The molecule has 0 radical (unpaired) electrons. The lowest BCUT2D eigenvalue weighted by Gasteiger charge is -2.40. The van der Waals surface area contributed by atoms with Crippen LogP contribution < -0.4 is 10.6 Å². The van der Waals surface area contributed by atoms with E-state index in [2.05, 4.69) is 17.6 Å². The Balaban J connectivity index is 2.54. The summed E-state index contributed by atoms with van der Waals surface area (Å²) in [5.41, 5.74) is -1.85. The quantitative estimate of drug-likeness (QED) is 0.719. The zero-order chi connectivity index (χ0) is 14.1. The Morgan fingerprint density at radius 1 is 1.17 bits per heavy atom. The first-order valence-electron chi connectivity index (χ1n) is 6.38. The molecule has 1 rings (SSSR count). The second-order valence-electron chi connectivity index (χ2n) is 6.43. The van der Waals surface area contributed by atoms with E-state index in [4.69, 9.17) is 0 Å². The third-order valence-electron chi connectivity index (χ3n) is 4.23. The van der Waals surface area contributed by atoms with Gasteiger partial charge in [-0.05, 0) is 46.5 Å². The number of aliphatic carboxylic acids is 1. The van der Waals surface area contributed by atoms with Gasteiger partial charge >= 0.3 is 12.0 Å². The summed E-state index contributed by atoms with van der Waals surface area (Å²) in [6, 6.07) is -0.0602. The average molecular weight is 256 g/mol. The molecule has 1 fully saturated rings. The van der Waals surface area contributed by atoms with Gasteiger partial charge in [0.05, 0.1) is 11.0 Å². The highest BCUT2D eigenvalue weighted by Crippen LogP contribution is 2.31. The van der Waals surface area contributed by atoms with Crippen molar-refractivity contribution in [2.24, 2.45) is 11.3 Å². The number of hydrogen-bond acceptors (Lipinski definition) is 2. The van der Waals surface area contributed by atoms with E-state index in [1.807, 2.05) is 0 Å². The Morgan fingerprint density at radius 2 is 1.67 bits per heavy atom. The zero-order valence-corrected chi connectivity index (χ0v) is 11.8. The molecule has 0 spiro atoms. The molecule has 104 valence electrons. The van der Waals surface area contributed by atoms with Crippen molar-refractivity contribution in [3.8, 4) is 0 Å². The predicted molar refractivity (Wildman–Crippen MR) is 69.3 cm³/mol. The highest BCUT2D eigenvalue weighted by Gasteiger charge is 2.44. The van der Waals surface area contributed by atoms with Crippen LogP contribution >= 0.6 is 0 Å². The fraction of sp³-hybridized carbons (Fsp3) is 0.846. The van der Waals surface area contributed by atoms with Gasteiger partial charge in [0.2, 0.25) is 0 Å². The van der Waals surface area contributed by atoms with Gasteiger partial charge in [0.25, 0.3) is 0 Å². The van der Waals surface area contributed by atoms with Crippen molar-refractivity contribution >= 4 is 12.0 Å². The smallest absolute Gasteiger partial charge is 0.315 e. The van der Waals surface area contributed by atoms with E-state index < -0.39 is 16.9 Å². The maximum absolute atomic E-state index is 11.8. The van der Waals surface area contributed by atoms with Crippen molar-refractivity contribution in [1.82, 2.24) is 10.6 Å². The molecular formula is C13H24N2O3. The lowest BCUT2D eigenvalue weighted by atomic mass is 9.74. The topological polar surface area (TPSA) is 78.4 Å². The molecule has 0 aliphatic heterocycles. The predicted octanol–water partition coefficient (Wildman–Crippen LogP) is 1.97. The fourth-order valence-corrected chi connectivity index (χ4v) is 1.95. The summed E-state index contributed by atoms with van der Waals surface area (Å²) in [5.74, 6) is -0.260. The van der Waals surface area contributed by atoms with Crippen molar-refractivity contribution in [2.75, 3.05) is 0 Å². The molecule has 1 saturated carbocycles. The Hall–Kier alpha value is -1.26. The lowest BCUT2D eigenvalue weighted by Crippen LogP contribution is -2.60. The molecule has 0 aromatic heterocycles. The number of amides is 2. The summed E-state index contributed by atoms with van der Waals surface area (Å²) in [5, 5.41) is 14.8. The number of hydrogen-bond donors (Lipinski definition) is 3. The van der Waals surface area contributed by atoms with Crippen LogP contribution in [-0.4, -0.2) is 28.7 Å². The van der Waals surface area contributed by atoms with Gasteiger partial charge in [-0.1, -0.05) is 6.92 Å². The molecule has 2 amide bonds. The van der Waals surface area contributed by atoms with E-state index in [-0.39, 0.29) is 12.1 Å². The van der Waals surface area contributed by atoms with Gasteiger partial charge in [0.15, 0.2) is 0 Å². The van der Waals surface area contributed by atoms with Crippen molar-refractivity contribution < 1.29 is 14.7 Å². The third-order valence-corrected chi connectivity index (χ3v) is 4.23. The maximum Gasteiger partial charge on any atom is 0.315 e. The summed E-state index contributed by atoms with van der Waals surface area (Å²) >= 11 is 0. The molecule has 0 saturated heterocycles. The number of nitrogens with one attached hydrogen (secondary N) is 2. The second-order valence-corrected chi connectivity index (χ2v) is 6.43. The van der Waals surface area contributed by atoms with Gasteiger partial charge in [-0.25, -0.2) is 4.79 Å². The van der Waals surface area contributed by atoms with Gasteiger partial charge in [-0.15, -0.1) is 0 Å². The van der Waals surface area contributed by atoms with Gasteiger partial charge in [-0.2, -0.15) is 0 Å². The second kappa shape index (κ2) is 4.78. The number of carbonyl (C=O) groups is 2. The van der Waals surface area contributed by atoms with E-state index in [0.717, 1.165) is 12.8 Å². The van der Waals surface area contributed by atoms with Crippen LogP contribution in [0.3, 0.4) is 0 Å². The standard InChI is InChI=1S/C13H24N2O3/c1-8-6-9(7-8)14-11(18)15-13(4,5)12(2,3)10(16)17/h8-9H,6-7H2,1-5H3,(H,16,17)(H2,14,15,18). The van der Waals surface area contributed by atoms with Crippen molar-refractivity contribution in [1.29, 1.82) is 0 Å². The Bertz CT molecular complexity index is 344. The largest absolute Gasteiger partial charge is 0.481 e. The molecule has 0 aromatic rings. The van der Waals surface area contributed by atoms with Gasteiger partial charge in [0.1, 0.15) is 0 Å². The first kappa shape index (κ1) is 14.8. The Kier molecular flexibility index (Phi) is 3.93. The summed E-state index contributed by atoms with van der Waals surface area (Å²) in [6.45, 7) is 8.82. The minimum absolute atomic E-state index is 0.226. The van der Waals surface area contributed by atoms with Crippen LogP contribution in [0.4, 0.5) is 4.79 Å². The highest BCUT2D eigenvalue weighted by molar-refractivity contribution is 5.79. The van der Waals surface area contributed by atoms with Crippen molar-refractivity contribution in [2.45, 2.75) is 59.0 Å². The molecular weight excluding hydrogens is 232 g/mol. The summed E-state index contributed by atoms with van der Waals surface area (Å²) in [6.07, 6.45) is 1.99. The number of urea groups is 1. The lowest BCUT2D eigenvalue weighted by molar-refractivity contribution is -0.150. The molecule has 0 unspecified atom stereocenters. The number of carboxylic acid groups (broad SMARTS) is 1. The molecule has 1 aliphatic carbocycles.